The maximum atomic E-state index is 13.7. The van der Waals surface area contributed by atoms with Crippen LogP contribution in [0.1, 0.15) is 126 Å². The van der Waals surface area contributed by atoms with Crippen LogP contribution < -0.4 is 56.8 Å². The Balaban J connectivity index is 1.50. The van der Waals surface area contributed by atoms with Crippen molar-refractivity contribution in [1.82, 2.24) is 0 Å². The van der Waals surface area contributed by atoms with Crippen molar-refractivity contribution in [3.05, 3.63) is 33.9 Å². The first-order valence-electron chi connectivity index (χ1n) is 18.5. The van der Waals surface area contributed by atoms with E-state index in [1.165, 1.54) is 14.2 Å². The predicted octanol–water partition coefficient (Wildman–Crippen LogP) is 7.48. The molecule has 57 heavy (non-hydrogen) atoms. The van der Waals surface area contributed by atoms with Crippen molar-refractivity contribution in [1.29, 1.82) is 0 Å². The van der Waals surface area contributed by atoms with E-state index in [0.717, 1.165) is 0 Å². The molecule has 0 N–H and O–H groups in total. The van der Waals surface area contributed by atoms with Crippen LogP contribution in [0.4, 0.5) is 0 Å². The van der Waals surface area contributed by atoms with Crippen molar-refractivity contribution in [2.45, 2.75) is 124 Å². The number of carbonyl (C=O) groups is 2. The molecular weight excluding hydrogens is 748 g/mol. The van der Waals surface area contributed by atoms with Gasteiger partial charge in [0.2, 0.25) is 34.7 Å². The van der Waals surface area contributed by atoms with Crippen molar-refractivity contribution < 1.29 is 75.9 Å². The van der Waals surface area contributed by atoms with Gasteiger partial charge in [0.25, 0.3) is 0 Å². The molecular formula is C41H44O16. The zero-order valence-electron chi connectivity index (χ0n) is 34.2. The predicted molar refractivity (Wildman–Crippen MR) is 195 cm³/mol. The van der Waals surface area contributed by atoms with Gasteiger partial charge in [-0.25, -0.2) is 9.59 Å². The molecule has 0 spiro atoms. The lowest BCUT2D eigenvalue weighted by Crippen LogP contribution is -2.32. The van der Waals surface area contributed by atoms with Crippen molar-refractivity contribution in [3.8, 4) is 69.0 Å². The minimum atomic E-state index is -1.32. The fourth-order valence-electron chi connectivity index (χ4n) is 8.04. The van der Waals surface area contributed by atoms with Gasteiger partial charge in [0.1, 0.15) is 0 Å². The highest BCUT2D eigenvalue weighted by Crippen LogP contribution is 2.69. The van der Waals surface area contributed by atoms with E-state index in [0.29, 0.717) is 17.1 Å². The van der Waals surface area contributed by atoms with Crippen molar-refractivity contribution in [2.24, 2.45) is 0 Å². The van der Waals surface area contributed by atoms with Gasteiger partial charge in [-0.2, -0.15) is 0 Å². The minimum absolute atomic E-state index is 0.0283. The Hall–Kier alpha value is -5.80. The SMILES string of the molecule is COC(=O)c1c2c(c(C(c3c4c(cc5c3OC(C)(C)O5)OC(C)(C)O4)c3c4c(c(C(=O)OC)c5c3OC(C)(C)O5)OC(C)(C)O4)c3c1OC(C)(C)O3)OC(C)(C)O2. The topological polar surface area (TPSA) is 163 Å². The molecule has 3 aromatic carbocycles. The zero-order valence-corrected chi connectivity index (χ0v) is 34.2. The second-order valence-corrected chi connectivity index (χ2v) is 17.2. The Labute approximate surface area is 328 Å². The van der Waals surface area contributed by atoms with Gasteiger partial charge in [0.05, 0.1) is 36.8 Å². The molecule has 0 aromatic heterocycles. The maximum Gasteiger partial charge on any atom is 0.345 e. The molecule has 0 unspecified atom stereocenters. The molecule has 0 amide bonds. The molecule has 0 fully saturated rings. The molecule has 6 heterocycles. The average molecular weight is 793 g/mol. The number of rotatable bonds is 5. The van der Waals surface area contributed by atoms with Crippen molar-refractivity contribution in [3.63, 3.8) is 0 Å². The molecule has 3 aromatic rings. The summed E-state index contributed by atoms with van der Waals surface area (Å²) in [4.78, 5) is 27.4. The van der Waals surface area contributed by atoms with Gasteiger partial charge >= 0.3 is 11.9 Å². The fraction of sp³-hybridized carbons (Fsp3) is 0.512. The molecule has 0 radical (unpaired) electrons. The van der Waals surface area contributed by atoms with Crippen LogP contribution in [0.25, 0.3) is 0 Å². The van der Waals surface area contributed by atoms with E-state index in [2.05, 4.69) is 0 Å². The molecule has 6 aliphatic heterocycles. The molecule has 6 aliphatic rings. The Morgan fingerprint density at radius 3 is 0.895 bits per heavy atom. The summed E-state index contributed by atoms with van der Waals surface area (Å²) in [6.07, 6.45) is 0. The van der Waals surface area contributed by atoms with E-state index in [9.17, 15) is 9.59 Å². The highest BCUT2D eigenvalue weighted by molar-refractivity contribution is 6.01. The van der Waals surface area contributed by atoms with Crippen molar-refractivity contribution in [2.75, 3.05) is 14.2 Å². The van der Waals surface area contributed by atoms with Crippen LogP contribution in [0.2, 0.25) is 0 Å². The van der Waals surface area contributed by atoms with Crippen LogP contribution in [0.5, 0.6) is 69.0 Å². The summed E-state index contributed by atoms with van der Waals surface area (Å²) in [5.74, 6) is -8.57. The van der Waals surface area contributed by atoms with Gasteiger partial charge in [-0.3, -0.25) is 0 Å². The van der Waals surface area contributed by atoms with E-state index in [4.69, 9.17) is 66.3 Å². The normalized spacial score (nSPS) is 21.2. The van der Waals surface area contributed by atoms with Gasteiger partial charge in [0.15, 0.2) is 80.1 Å². The molecule has 16 heteroatoms. The monoisotopic (exact) mass is 792 g/mol. The van der Waals surface area contributed by atoms with E-state index in [1.54, 1.807) is 89.2 Å². The van der Waals surface area contributed by atoms with E-state index < -0.39 is 52.6 Å². The number of esters is 2. The van der Waals surface area contributed by atoms with Crippen molar-refractivity contribution >= 4 is 11.9 Å². The maximum absolute atomic E-state index is 13.7. The number of ether oxygens (including phenoxy) is 14. The fourth-order valence-corrected chi connectivity index (χ4v) is 8.04. The second-order valence-electron chi connectivity index (χ2n) is 17.2. The van der Waals surface area contributed by atoms with Gasteiger partial charge in [-0.05, 0) is 0 Å². The molecule has 0 atom stereocenters. The summed E-state index contributed by atoms with van der Waals surface area (Å²) in [5, 5.41) is 0. The standard InChI is InChI=1S/C41H44O16/c1-36(2)46-16-15-17-25(49-37(3,4)47-17)19(24(16)48-36)18(20-26-30(54-38(5,6)50-26)22(34(42)44-13)31-27(20)51-39(7,8)55-31)21-28-32(56-40(9,10)52-28)23(35(43)45-14)33-29(21)53-41(11,12)57-33/h15,18H,1-14H3. The van der Waals surface area contributed by atoms with Crippen LogP contribution in [0.3, 0.4) is 0 Å². The first kappa shape index (κ1) is 36.8. The smallest absolute Gasteiger partial charge is 0.345 e. The third-order valence-corrected chi connectivity index (χ3v) is 9.75. The first-order valence-corrected chi connectivity index (χ1v) is 18.5. The summed E-state index contributed by atoms with van der Waals surface area (Å²) in [7, 11) is 2.50. The Kier molecular flexibility index (Phi) is 7.09. The Bertz CT molecular complexity index is 2100. The summed E-state index contributed by atoms with van der Waals surface area (Å²) in [6, 6.07) is 1.70. The van der Waals surface area contributed by atoms with Crippen LogP contribution in [0, 0.1) is 0 Å². The van der Waals surface area contributed by atoms with Crippen LogP contribution >= 0.6 is 0 Å². The third-order valence-electron chi connectivity index (χ3n) is 9.75. The number of benzene rings is 3. The molecule has 16 nitrogen and oxygen atoms in total. The lowest BCUT2D eigenvalue weighted by atomic mass is 9.80. The summed E-state index contributed by atoms with van der Waals surface area (Å²) in [6.45, 7) is 20.6. The Morgan fingerprint density at radius 2 is 0.614 bits per heavy atom. The third kappa shape index (κ3) is 5.46. The zero-order chi connectivity index (χ0) is 41.2. The first-order chi connectivity index (χ1) is 26.3. The second kappa shape index (κ2) is 11.0. The van der Waals surface area contributed by atoms with Crippen LogP contribution in [-0.4, -0.2) is 60.9 Å². The lowest BCUT2D eigenvalue weighted by Gasteiger charge is -2.28. The summed E-state index contributed by atoms with van der Waals surface area (Å²) >= 11 is 0. The average Bonchev–Trinajstić information content (AvgIpc) is 3.88. The van der Waals surface area contributed by atoms with Crippen LogP contribution in [-0.2, 0) is 9.47 Å². The van der Waals surface area contributed by atoms with Gasteiger partial charge in [0, 0.05) is 89.2 Å². The van der Waals surface area contributed by atoms with E-state index in [-0.39, 0.29) is 79.7 Å². The van der Waals surface area contributed by atoms with E-state index >= 15 is 0 Å². The molecule has 0 aliphatic carbocycles. The molecule has 9 rings (SSSR count). The number of hydrogen-bond donors (Lipinski definition) is 0. The quantitative estimate of drug-likeness (QED) is 0.184. The molecule has 0 bridgehead atoms. The van der Waals surface area contributed by atoms with Crippen LogP contribution in [0.15, 0.2) is 6.07 Å². The van der Waals surface area contributed by atoms with Gasteiger partial charge < -0.3 is 66.3 Å². The Morgan fingerprint density at radius 1 is 0.386 bits per heavy atom. The number of fused-ring (bicyclic) bond motifs is 6. The van der Waals surface area contributed by atoms with Gasteiger partial charge in [-0.15, -0.1) is 0 Å². The number of hydrogen-bond acceptors (Lipinski definition) is 16. The van der Waals surface area contributed by atoms with Gasteiger partial charge in [-0.1, -0.05) is 0 Å². The van der Waals surface area contributed by atoms with E-state index in [1.807, 2.05) is 0 Å². The highest BCUT2D eigenvalue weighted by Gasteiger charge is 2.56. The number of carbonyl (C=O) groups excluding carboxylic acids is 2. The lowest BCUT2D eigenvalue weighted by molar-refractivity contribution is -0.0497. The minimum Gasteiger partial charge on any atom is -0.465 e. The summed E-state index contributed by atoms with van der Waals surface area (Å²) in [5.41, 5.74) is 0.802. The molecule has 0 saturated carbocycles. The number of methoxy groups -OCH3 is 2. The molecule has 0 saturated heterocycles. The molecule has 304 valence electrons. The highest BCUT2D eigenvalue weighted by atomic mass is 16.8. The largest absolute Gasteiger partial charge is 0.465 e. The summed E-state index contributed by atoms with van der Waals surface area (Å²) < 4.78 is 89.0.